The van der Waals surface area contributed by atoms with Gasteiger partial charge in [0.25, 0.3) is 0 Å². The number of rotatable bonds is 3. The normalized spacial score (nSPS) is 22.9. The third-order valence-electron chi connectivity index (χ3n) is 4.94. The van der Waals surface area contributed by atoms with Gasteiger partial charge < -0.3 is 10.2 Å². The third kappa shape index (κ3) is 4.47. The molecule has 1 atom stereocenters. The molecule has 4 heteroatoms. The number of carbonyl (C=O) groups is 1. The lowest BCUT2D eigenvalue weighted by molar-refractivity contribution is -0.137. The molecule has 1 unspecified atom stereocenters. The summed E-state index contributed by atoms with van der Waals surface area (Å²) in [7, 11) is 0. The highest BCUT2D eigenvalue weighted by Gasteiger charge is 2.28. The molecule has 0 aromatic heterocycles. The predicted octanol–water partition coefficient (Wildman–Crippen LogP) is 2.89. The van der Waals surface area contributed by atoms with Gasteiger partial charge in [-0.2, -0.15) is 0 Å². The SMILES string of the molecule is Cl.O=C(C1CCCNC1)N1CCC(Cc2ccccc2)CC1. The summed E-state index contributed by atoms with van der Waals surface area (Å²) in [5, 5.41) is 3.35. The molecule has 122 valence electrons. The van der Waals surface area contributed by atoms with E-state index in [0.29, 0.717) is 5.91 Å². The lowest BCUT2D eigenvalue weighted by atomic mass is 9.89. The summed E-state index contributed by atoms with van der Waals surface area (Å²) in [5.41, 5.74) is 1.43. The highest BCUT2D eigenvalue weighted by atomic mass is 35.5. The van der Waals surface area contributed by atoms with E-state index in [-0.39, 0.29) is 18.3 Å². The molecule has 2 aliphatic heterocycles. The topological polar surface area (TPSA) is 32.3 Å². The van der Waals surface area contributed by atoms with Gasteiger partial charge in [0.1, 0.15) is 0 Å². The van der Waals surface area contributed by atoms with E-state index in [4.69, 9.17) is 0 Å². The Labute approximate surface area is 139 Å². The fraction of sp³-hybridized carbons (Fsp3) is 0.611. The Balaban J connectivity index is 0.00000176. The zero-order chi connectivity index (χ0) is 14.5. The molecule has 2 saturated heterocycles. The molecule has 2 fully saturated rings. The fourth-order valence-corrected chi connectivity index (χ4v) is 3.63. The van der Waals surface area contributed by atoms with Crippen molar-refractivity contribution in [3.8, 4) is 0 Å². The maximum Gasteiger partial charge on any atom is 0.226 e. The van der Waals surface area contributed by atoms with Gasteiger partial charge in [-0.05, 0) is 50.1 Å². The quantitative estimate of drug-likeness (QED) is 0.928. The molecule has 22 heavy (non-hydrogen) atoms. The summed E-state index contributed by atoms with van der Waals surface area (Å²) in [4.78, 5) is 14.6. The second kappa shape index (κ2) is 8.54. The molecule has 2 heterocycles. The van der Waals surface area contributed by atoms with Crippen LogP contribution in [-0.2, 0) is 11.2 Å². The van der Waals surface area contributed by atoms with Gasteiger partial charge in [0.15, 0.2) is 0 Å². The van der Waals surface area contributed by atoms with E-state index in [1.807, 2.05) is 0 Å². The van der Waals surface area contributed by atoms with Crippen molar-refractivity contribution < 1.29 is 4.79 Å². The lowest BCUT2D eigenvalue weighted by Crippen LogP contribution is -2.46. The monoisotopic (exact) mass is 322 g/mol. The number of benzene rings is 1. The van der Waals surface area contributed by atoms with Crippen molar-refractivity contribution in [2.24, 2.45) is 11.8 Å². The van der Waals surface area contributed by atoms with Crippen LogP contribution < -0.4 is 5.32 Å². The minimum Gasteiger partial charge on any atom is -0.342 e. The second-order valence-electron chi connectivity index (χ2n) is 6.50. The highest BCUT2D eigenvalue weighted by Crippen LogP contribution is 2.24. The maximum atomic E-state index is 12.5. The van der Waals surface area contributed by atoms with E-state index < -0.39 is 0 Å². The molecule has 1 N–H and O–H groups in total. The molecule has 2 aliphatic rings. The zero-order valence-electron chi connectivity index (χ0n) is 13.2. The number of amides is 1. The molecule has 0 spiro atoms. The van der Waals surface area contributed by atoms with Crippen LogP contribution in [0, 0.1) is 11.8 Å². The van der Waals surface area contributed by atoms with Crippen molar-refractivity contribution in [2.75, 3.05) is 26.2 Å². The number of halogens is 1. The molecular formula is C18H27ClN2O. The van der Waals surface area contributed by atoms with Crippen molar-refractivity contribution in [3.63, 3.8) is 0 Å². The Hall–Kier alpha value is -1.06. The molecule has 0 saturated carbocycles. The summed E-state index contributed by atoms with van der Waals surface area (Å²) < 4.78 is 0. The molecule has 0 bridgehead atoms. The first-order chi connectivity index (χ1) is 10.3. The van der Waals surface area contributed by atoms with Crippen LogP contribution in [0.25, 0.3) is 0 Å². The van der Waals surface area contributed by atoms with E-state index in [1.165, 1.54) is 5.56 Å². The Morgan fingerprint density at radius 2 is 1.86 bits per heavy atom. The molecule has 3 nitrogen and oxygen atoms in total. The van der Waals surface area contributed by atoms with Gasteiger partial charge in [0, 0.05) is 19.6 Å². The molecule has 1 amide bonds. The first kappa shape index (κ1) is 17.3. The van der Waals surface area contributed by atoms with Gasteiger partial charge in [-0.25, -0.2) is 0 Å². The van der Waals surface area contributed by atoms with Gasteiger partial charge in [-0.15, -0.1) is 12.4 Å². The van der Waals surface area contributed by atoms with Crippen molar-refractivity contribution in [3.05, 3.63) is 35.9 Å². The minimum atomic E-state index is 0. The van der Waals surface area contributed by atoms with Crippen LogP contribution in [-0.4, -0.2) is 37.0 Å². The number of hydrogen-bond acceptors (Lipinski definition) is 2. The summed E-state index contributed by atoms with van der Waals surface area (Å²) >= 11 is 0. The number of likely N-dealkylation sites (tertiary alicyclic amines) is 1. The van der Waals surface area contributed by atoms with Crippen molar-refractivity contribution in [1.29, 1.82) is 0 Å². The first-order valence-corrected chi connectivity index (χ1v) is 8.36. The largest absolute Gasteiger partial charge is 0.342 e. The number of carbonyl (C=O) groups excluding carboxylic acids is 1. The predicted molar refractivity (Wildman–Crippen MR) is 92.3 cm³/mol. The summed E-state index contributed by atoms with van der Waals surface area (Å²) in [6, 6.07) is 10.7. The van der Waals surface area contributed by atoms with E-state index in [9.17, 15) is 4.79 Å². The second-order valence-corrected chi connectivity index (χ2v) is 6.50. The summed E-state index contributed by atoms with van der Waals surface area (Å²) in [6.45, 7) is 3.85. The van der Waals surface area contributed by atoms with Crippen molar-refractivity contribution >= 4 is 18.3 Å². The number of hydrogen-bond donors (Lipinski definition) is 1. The number of piperidine rings is 2. The van der Waals surface area contributed by atoms with Gasteiger partial charge in [-0.1, -0.05) is 30.3 Å². The van der Waals surface area contributed by atoms with Crippen molar-refractivity contribution in [1.82, 2.24) is 10.2 Å². The van der Waals surface area contributed by atoms with Crippen LogP contribution in [0.4, 0.5) is 0 Å². The van der Waals surface area contributed by atoms with Crippen molar-refractivity contribution in [2.45, 2.75) is 32.1 Å². The van der Waals surface area contributed by atoms with Gasteiger partial charge in [0.05, 0.1) is 5.92 Å². The standard InChI is InChI=1S/C18H26N2O.ClH/c21-18(17-7-4-10-19-14-17)20-11-8-16(9-12-20)13-15-5-2-1-3-6-15;/h1-3,5-6,16-17,19H,4,7-14H2;1H. The average Bonchev–Trinajstić information content (AvgIpc) is 2.57. The van der Waals surface area contributed by atoms with Crippen LogP contribution in [0.2, 0.25) is 0 Å². The first-order valence-electron chi connectivity index (χ1n) is 8.36. The molecular weight excluding hydrogens is 296 g/mol. The van der Waals surface area contributed by atoms with Crippen LogP contribution in [0.5, 0.6) is 0 Å². The zero-order valence-corrected chi connectivity index (χ0v) is 14.0. The highest BCUT2D eigenvalue weighted by molar-refractivity contribution is 5.85. The van der Waals surface area contributed by atoms with E-state index >= 15 is 0 Å². The fourth-order valence-electron chi connectivity index (χ4n) is 3.63. The number of nitrogens with zero attached hydrogens (tertiary/aromatic N) is 1. The number of nitrogens with one attached hydrogen (secondary N) is 1. The summed E-state index contributed by atoms with van der Waals surface area (Å²) in [6.07, 6.45) is 5.67. The van der Waals surface area contributed by atoms with Crippen LogP contribution in [0.1, 0.15) is 31.2 Å². The smallest absolute Gasteiger partial charge is 0.226 e. The molecule has 1 aromatic carbocycles. The Morgan fingerprint density at radius 3 is 2.50 bits per heavy atom. The Kier molecular flexibility index (Phi) is 6.71. The maximum absolute atomic E-state index is 12.5. The molecule has 1 aromatic rings. The van der Waals surface area contributed by atoms with Crippen LogP contribution in [0.15, 0.2) is 30.3 Å². The van der Waals surface area contributed by atoms with Crippen LogP contribution >= 0.6 is 12.4 Å². The van der Waals surface area contributed by atoms with Gasteiger partial charge >= 0.3 is 0 Å². The third-order valence-corrected chi connectivity index (χ3v) is 4.94. The molecule has 0 radical (unpaired) electrons. The van der Waals surface area contributed by atoms with E-state index in [1.54, 1.807) is 0 Å². The van der Waals surface area contributed by atoms with Crippen LogP contribution in [0.3, 0.4) is 0 Å². The average molecular weight is 323 g/mol. The van der Waals surface area contributed by atoms with Gasteiger partial charge in [0.2, 0.25) is 5.91 Å². The molecule has 3 rings (SSSR count). The lowest BCUT2D eigenvalue weighted by Gasteiger charge is -2.35. The van der Waals surface area contributed by atoms with E-state index in [2.05, 4.69) is 40.5 Å². The Morgan fingerprint density at radius 1 is 1.14 bits per heavy atom. The van der Waals surface area contributed by atoms with E-state index in [0.717, 1.165) is 64.2 Å². The minimum absolute atomic E-state index is 0. The van der Waals surface area contributed by atoms with Gasteiger partial charge in [-0.3, -0.25) is 4.79 Å². The Bertz CT molecular complexity index is 451. The summed E-state index contributed by atoms with van der Waals surface area (Å²) in [5.74, 6) is 1.35. The molecule has 0 aliphatic carbocycles.